The zero-order chi connectivity index (χ0) is 20.4. The SMILES string of the molecule is CN(C)C(=O)c1ccc(Cn2nc([C@@H]3CCCNC3)n(-c3ccccc3)c2=O)o1. The summed E-state index contributed by atoms with van der Waals surface area (Å²) in [6.07, 6.45) is 2.03. The lowest BCUT2D eigenvalue weighted by Crippen LogP contribution is -2.31. The molecule has 1 N–H and O–H groups in total. The summed E-state index contributed by atoms with van der Waals surface area (Å²) in [4.78, 5) is 26.7. The normalized spacial score (nSPS) is 16.7. The molecule has 1 saturated heterocycles. The Bertz CT molecular complexity index is 1040. The molecule has 0 saturated carbocycles. The molecule has 1 aromatic carbocycles. The van der Waals surface area contributed by atoms with Gasteiger partial charge in [-0.3, -0.25) is 4.79 Å². The second-order valence-corrected chi connectivity index (χ2v) is 7.48. The van der Waals surface area contributed by atoms with Crippen molar-refractivity contribution in [2.75, 3.05) is 27.2 Å². The van der Waals surface area contributed by atoms with E-state index < -0.39 is 0 Å². The molecule has 3 aromatic rings. The lowest BCUT2D eigenvalue weighted by molar-refractivity contribution is 0.0794. The summed E-state index contributed by atoms with van der Waals surface area (Å²) >= 11 is 0. The molecule has 29 heavy (non-hydrogen) atoms. The fourth-order valence-electron chi connectivity index (χ4n) is 3.63. The number of nitrogens with one attached hydrogen (secondary N) is 1. The maximum Gasteiger partial charge on any atom is 0.351 e. The van der Waals surface area contributed by atoms with Gasteiger partial charge in [0.1, 0.15) is 18.1 Å². The van der Waals surface area contributed by atoms with Crippen molar-refractivity contribution in [2.24, 2.45) is 0 Å². The van der Waals surface area contributed by atoms with Crippen LogP contribution in [-0.2, 0) is 6.54 Å². The maximum atomic E-state index is 13.2. The van der Waals surface area contributed by atoms with E-state index in [9.17, 15) is 9.59 Å². The predicted molar refractivity (Wildman–Crippen MR) is 108 cm³/mol. The number of rotatable bonds is 5. The van der Waals surface area contributed by atoms with Crippen LogP contribution < -0.4 is 11.0 Å². The van der Waals surface area contributed by atoms with Gasteiger partial charge in [0, 0.05) is 26.6 Å². The summed E-state index contributed by atoms with van der Waals surface area (Å²) in [5.41, 5.74) is 0.584. The Kier molecular flexibility index (Phi) is 5.35. The van der Waals surface area contributed by atoms with Gasteiger partial charge in [-0.25, -0.2) is 14.0 Å². The largest absolute Gasteiger partial charge is 0.454 e. The van der Waals surface area contributed by atoms with Crippen LogP contribution in [0.15, 0.2) is 51.7 Å². The van der Waals surface area contributed by atoms with Gasteiger partial charge in [0.2, 0.25) is 0 Å². The first-order chi connectivity index (χ1) is 14.0. The Hall–Kier alpha value is -3.13. The van der Waals surface area contributed by atoms with Crippen molar-refractivity contribution in [2.45, 2.75) is 25.3 Å². The van der Waals surface area contributed by atoms with E-state index in [0.29, 0.717) is 5.76 Å². The van der Waals surface area contributed by atoms with Gasteiger partial charge >= 0.3 is 5.69 Å². The number of aromatic nitrogens is 3. The van der Waals surface area contributed by atoms with Gasteiger partial charge in [0.25, 0.3) is 5.91 Å². The molecular formula is C21H25N5O3. The van der Waals surface area contributed by atoms with Gasteiger partial charge in [-0.05, 0) is 43.7 Å². The van der Waals surface area contributed by atoms with E-state index in [1.807, 2.05) is 30.3 Å². The molecule has 0 spiro atoms. The van der Waals surface area contributed by atoms with Crippen LogP contribution >= 0.6 is 0 Å². The van der Waals surface area contributed by atoms with E-state index in [0.717, 1.165) is 37.4 Å². The standard InChI is InChI=1S/C21H25N5O3/c1-24(2)20(27)18-11-10-17(29-18)14-25-21(28)26(16-8-4-3-5-9-16)19(23-25)15-7-6-12-22-13-15/h3-5,8-11,15,22H,6-7,12-14H2,1-2H3/t15-/m1/s1. The first kappa shape index (κ1) is 19.2. The number of hydrogen-bond acceptors (Lipinski definition) is 5. The van der Waals surface area contributed by atoms with E-state index >= 15 is 0 Å². The molecular weight excluding hydrogens is 370 g/mol. The molecule has 3 heterocycles. The monoisotopic (exact) mass is 395 g/mol. The molecule has 8 heteroatoms. The van der Waals surface area contributed by atoms with Crippen molar-refractivity contribution in [1.29, 1.82) is 0 Å². The minimum atomic E-state index is -0.215. The fraction of sp³-hybridized carbons (Fsp3) is 0.381. The van der Waals surface area contributed by atoms with Crippen LogP contribution in [0.4, 0.5) is 0 Å². The average molecular weight is 395 g/mol. The quantitative estimate of drug-likeness (QED) is 0.713. The highest BCUT2D eigenvalue weighted by molar-refractivity contribution is 5.91. The highest BCUT2D eigenvalue weighted by atomic mass is 16.4. The zero-order valence-electron chi connectivity index (χ0n) is 16.7. The zero-order valence-corrected chi connectivity index (χ0v) is 16.7. The summed E-state index contributed by atoms with van der Waals surface area (Å²) in [5.74, 6) is 1.47. The lowest BCUT2D eigenvalue weighted by Gasteiger charge is -2.22. The molecule has 0 unspecified atom stereocenters. The molecule has 1 aliphatic heterocycles. The van der Waals surface area contributed by atoms with Gasteiger partial charge < -0.3 is 14.6 Å². The third-order valence-corrected chi connectivity index (χ3v) is 5.12. The van der Waals surface area contributed by atoms with E-state index in [-0.39, 0.29) is 29.8 Å². The summed E-state index contributed by atoms with van der Waals surface area (Å²) < 4.78 is 8.76. The van der Waals surface area contributed by atoms with Gasteiger partial charge in [0.05, 0.1) is 5.69 Å². The van der Waals surface area contributed by atoms with E-state index in [4.69, 9.17) is 4.42 Å². The van der Waals surface area contributed by atoms with Crippen LogP contribution in [0, 0.1) is 0 Å². The Morgan fingerprint density at radius 3 is 2.72 bits per heavy atom. The van der Waals surface area contributed by atoms with Crippen molar-refractivity contribution < 1.29 is 9.21 Å². The smallest absolute Gasteiger partial charge is 0.351 e. The highest BCUT2D eigenvalue weighted by Gasteiger charge is 2.25. The molecule has 0 bridgehead atoms. The topological polar surface area (TPSA) is 85.3 Å². The van der Waals surface area contributed by atoms with Gasteiger partial charge in [-0.15, -0.1) is 0 Å². The second-order valence-electron chi connectivity index (χ2n) is 7.48. The summed E-state index contributed by atoms with van der Waals surface area (Å²) in [6.45, 7) is 1.96. The molecule has 2 aromatic heterocycles. The summed E-state index contributed by atoms with van der Waals surface area (Å²) in [6, 6.07) is 12.9. The van der Waals surface area contributed by atoms with Crippen molar-refractivity contribution >= 4 is 5.91 Å². The van der Waals surface area contributed by atoms with E-state index in [2.05, 4.69) is 10.4 Å². The van der Waals surface area contributed by atoms with Gasteiger partial charge in [0.15, 0.2) is 5.76 Å². The number of amides is 1. The maximum absolute atomic E-state index is 13.2. The van der Waals surface area contributed by atoms with Crippen LogP contribution in [0.3, 0.4) is 0 Å². The Labute approximate surface area is 168 Å². The number of carbonyl (C=O) groups is 1. The van der Waals surface area contributed by atoms with Crippen molar-refractivity contribution in [3.05, 3.63) is 70.3 Å². The number of benzene rings is 1. The first-order valence-electron chi connectivity index (χ1n) is 9.81. The van der Waals surface area contributed by atoms with Crippen LogP contribution in [0.1, 0.15) is 40.9 Å². The Balaban J connectivity index is 1.70. The third-order valence-electron chi connectivity index (χ3n) is 5.12. The van der Waals surface area contributed by atoms with Gasteiger partial charge in [-0.2, -0.15) is 5.10 Å². The third kappa shape index (κ3) is 3.88. The molecule has 1 fully saturated rings. The number of para-hydroxylation sites is 1. The Morgan fingerprint density at radius 2 is 2.03 bits per heavy atom. The summed E-state index contributed by atoms with van der Waals surface area (Å²) in [7, 11) is 3.34. The van der Waals surface area contributed by atoms with E-state index in [1.54, 1.807) is 30.8 Å². The van der Waals surface area contributed by atoms with Crippen molar-refractivity contribution in [1.82, 2.24) is 24.6 Å². The van der Waals surface area contributed by atoms with Crippen LogP contribution in [0.25, 0.3) is 5.69 Å². The predicted octanol–water partition coefficient (Wildman–Crippen LogP) is 1.84. The van der Waals surface area contributed by atoms with Crippen LogP contribution in [0.2, 0.25) is 0 Å². The number of hydrogen-bond donors (Lipinski definition) is 1. The van der Waals surface area contributed by atoms with E-state index in [1.165, 1.54) is 9.58 Å². The lowest BCUT2D eigenvalue weighted by atomic mass is 9.99. The molecule has 4 rings (SSSR count). The number of nitrogens with zero attached hydrogens (tertiary/aromatic N) is 4. The Morgan fingerprint density at radius 1 is 1.24 bits per heavy atom. The fourth-order valence-corrected chi connectivity index (χ4v) is 3.63. The molecule has 1 atom stereocenters. The van der Waals surface area contributed by atoms with Crippen LogP contribution in [0.5, 0.6) is 0 Å². The highest BCUT2D eigenvalue weighted by Crippen LogP contribution is 2.23. The molecule has 152 valence electrons. The molecule has 0 radical (unpaired) electrons. The summed E-state index contributed by atoms with van der Waals surface area (Å²) in [5, 5.41) is 8.06. The number of furan rings is 1. The minimum Gasteiger partial charge on any atom is -0.454 e. The van der Waals surface area contributed by atoms with Crippen LogP contribution in [-0.4, -0.2) is 52.3 Å². The van der Waals surface area contributed by atoms with Gasteiger partial charge in [-0.1, -0.05) is 18.2 Å². The first-order valence-corrected chi connectivity index (χ1v) is 9.81. The molecule has 1 amide bonds. The molecule has 0 aliphatic carbocycles. The minimum absolute atomic E-state index is 0.167. The number of piperidine rings is 1. The van der Waals surface area contributed by atoms with Crippen molar-refractivity contribution in [3.63, 3.8) is 0 Å². The van der Waals surface area contributed by atoms with Crippen molar-refractivity contribution in [3.8, 4) is 5.69 Å². The molecule has 1 aliphatic rings. The second kappa shape index (κ2) is 8.08. The number of carbonyl (C=O) groups excluding carboxylic acids is 1. The molecule has 8 nitrogen and oxygen atoms in total. The average Bonchev–Trinajstić information content (AvgIpc) is 3.34.